The van der Waals surface area contributed by atoms with Crippen molar-refractivity contribution in [1.29, 1.82) is 0 Å². The number of aliphatic hydroxyl groups is 1. The van der Waals surface area contributed by atoms with E-state index in [1.54, 1.807) is 24.3 Å². The minimum absolute atomic E-state index is 0.0141. The van der Waals surface area contributed by atoms with Crippen molar-refractivity contribution in [3.05, 3.63) is 29.8 Å². The predicted molar refractivity (Wildman–Crippen MR) is 49.1 cm³/mol. The van der Waals surface area contributed by atoms with Gasteiger partial charge in [-0.1, -0.05) is 12.1 Å². The Morgan fingerprint density at radius 1 is 1.23 bits per heavy atom. The van der Waals surface area contributed by atoms with Gasteiger partial charge in [-0.25, -0.2) is 8.78 Å². The quantitative estimate of drug-likeness (QED) is 0.760. The third-order valence-corrected chi connectivity index (χ3v) is 2.51. The number of hydrogen-bond donors (Lipinski definition) is 1. The normalized spacial score (nSPS) is 10.8. The highest BCUT2D eigenvalue weighted by Crippen LogP contribution is 2.20. The van der Waals surface area contributed by atoms with Gasteiger partial charge in [0.05, 0.1) is 12.4 Å². The van der Waals surface area contributed by atoms with Crippen molar-refractivity contribution in [2.75, 3.05) is 5.75 Å². The lowest BCUT2D eigenvalue weighted by Crippen LogP contribution is -1.93. The molecule has 1 N–H and O–H groups in total. The molecule has 0 amide bonds. The fraction of sp³-hybridized carbons (Fsp3) is 0.333. The molecule has 0 saturated carbocycles. The lowest BCUT2D eigenvalue weighted by Gasteiger charge is -2.01. The zero-order chi connectivity index (χ0) is 9.68. The highest BCUT2D eigenvalue weighted by Gasteiger charge is 2.02. The maximum absolute atomic E-state index is 11.8. The van der Waals surface area contributed by atoms with Crippen LogP contribution in [-0.2, 0) is 6.61 Å². The minimum Gasteiger partial charge on any atom is -0.392 e. The van der Waals surface area contributed by atoms with Crippen molar-refractivity contribution in [1.82, 2.24) is 0 Å². The summed E-state index contributed by atoms with van der Waals surface area (Å²) < 4.78 is 23.6. The zero-order valence-electron chi connectivity index (χ0n) is 6.91. The number of halogens is 2. The van der Waals surface area contributed by atoms with Crippen molar-refractivity contribution in [2.24, 2.45) is 0 Å². The molecule has 0 saturated heterocycles. The zero-order valence-corrected chi connectivity index (χ0v) is 7.73. The summed E-state index contributed by atoms with van der Waals surface area (Å²) in [6.07, 6.45) is -2.28. The summed E-state index contributed by atoms with van der Waals surface area (Å²) in [5.41, 5.74) is 0.793. The highest BCUT2D eigenvalue weighted by atomic mass is 32.2. The standard InChI is InChI=1S/C9H10F2OS/c10-9(11)6-13-8-3-1-7(5-12)2-4-8/h1-4,9,12H,5-6H2. The first-order chi connectivity index (χ1) is 6.22. The molecule has 0 spiro atoms. The lowest BCUT2D eigenvalue weighted by molar-refractivity contribution is 0.177. The number of rotatable bonds is 4. The summed E-state index contributed by atoms with van der Waals surface area (Å²) in [6, 6.07) is 6.93. The first-order valence-electron chi connectivity index (χ1n) is 3.83. The molecule has 72 valence electrons. The molecule has 0 aliphatic heterocycles. The van der Waals surface area contributed by atoms with Gasteiger partial charge < -0.3 is 5.11 Å². The molecular formula is C9H10F2OS. The van der Waals surface area contributed by atoms with Gasteiger partial charge in [-0.3, -0.25) is 0 Å². The fourth-order valence-corrected chi connectivity index (χ4v) is 1.50. The number of benzene rings is 1. The van der Waals surface area contributed by atoms with Gasteiger partial charge in [-0.15, -0.1) is 11.8 Å². The fourth-order valence-electron chi connectivity index (χ4n) is 0.850. The SMILES string of the molecule is OCc1ccc(SCC(F)F)cc1. The summed E-state index contributed by atoms with van der Waals surface area (Å²) in [6.45, 7) is -0.0141. The summed E-state index contributed by atoms with van der Waals surface area (Å²) in [4.78, 5) is 0.803. The van der Waals surface area contributed by atoms with Crippen LogP contribution in [0.4, 0.5) is 8.78 Å². The largest absolute Gasteiger partial charge is 0.392 e. The lowest BCUT2D eigenvalue weighted by atomic mass is 10.2. The topological polar surface area (TPSA) is 20.2 Å². The van der Waals surface area contributed by atoms with Crippen LogP contribution < -0.4 is 0 Å². The summed E-state index contributed by atoms with van der Waals surface area (Å²) in [7, 11) is 0. The minimum atomic E-state index is -2.28. The van der Waals surface area contributed by atoms with Crippen LogP contribution in [0.1, 0.15) is 5.56 Å². The van der Waals surface area contributed by atoms with E-state index in [1.165, 1.54) is 0 Å². The van der Waals surface area contributed by atoms with E-state index >= 15 is 0 Å². The molecule has 13 heavy (non-hydrogen) atoms. The van der Waals surface area contributed by atoms with Crippen molar-refractivity contribution in [3.8, 4) is 0 Å². The van der Waals surface area contributed by atoms with E-state index in [1.807, 2.05) is 0 Å². The second-order valence-electron chi connectivity index (χ2n) is 2.50. The maximum Gasteiger partial charge on any atom is 0.247 e. The van der Waals surface area contributed by atoms with E-state index in [9.17, 15) is 8.78 Å². The van der Waals surface area contributed by atoms with Gasteiger partial charge in [-0.05, 0) is 17.7 Å². The average Bonchev–Trinajstić information content (AvgIpc) is 2.15. The van der Waals surface area contributed by atoms with E-state index in [2.05, 4.69) is 0 Å². The number of thioether (sulfide) groups is 1. The van der Waals surface area contributed by atoms with Crippen LogP contribution in [0.25, 0.3) is 0 Å². The van der Waals surface area contributed by atoms with Crippen LogP contribution in [0.15, 0.2) is 29.2 Å². The number of aliphatic hydroxyl groups excluding tert-OH is 1. The van der Waals surface area contributed by atoms with Gasteiger partial charge in [0.15, 0.2) is 0 Å². The van der Waals surface area contributed by atoms with E-state index in [-0.39, 0.29) is 12.4 Å². The third-order valence-electron chi connectivity index (χ3n) is 1.48. The molecular weight excluding hydrogens is 194 g/mol. The van der Waals surface area contributed by atoms with E-state index in [0.717, 1.165) is 22.2 Å². The first-order valence-corrected chi connectivity index (χ1v) is 4.81. The summed E-state index contributed by atoms with van der Waals surface area (Å²) >= 11 is 1.12. The van der Waals surface area contributed by atoms with E-state index in [0.29, 0.717) is 0 Å². The van der Waals surface area contributed by atoms with E-state index in [4.69, 9.17) is 5.11 Å². The van der Waals surface area contributed by atoms with Crippen molar-refractivity contribution in [3.63, 3.8) is 0 Å². The molecule has 1 rings (SSSR count). The van der Waals surface area contributed by atoms with Gasteiger partial charge in [-0.2, -0.15) is 0 Å². The first kappa shape index (κ1) is 10.5. The van der Waals surface area contributed by atoms with Crippen LogP contribution in [0.2, 0.25) is 0 Å². The average molecular weight is 204 g/mol. The molecule has 1 nitrogen and oxygen atoms in total. The van der Waals surface area contributed by atoms with Gasteiger partial charge in [0.2, 0.25) is 6.43 Å². The maximum atomic E-state index is 11.8. The Hall–Kier alpha value is -0.610. The molecule has 4 heteroatoms. The Labute approximate surface area is 79.8 Å². The monoisotopic (exact) mass is 204 g/mol. The Morgan fingerprint density at radius 2 is 1.85 bits per heavy atom. The molecule has 0 atom stereocenters. The number of alkyl halides is 2. The van der Waals surface area contributed by atoms with Gasteiger partial charge >= 0.3 is 0 Å². The Morgan fingerprint density at radius 3 is 2.31 bits per heavy atom. The van der Waals surface area contributed by atoms with Crippen LogP contribution in [0, 0.1) is 0 Å². The van der Waals surface area contributed by atoms with Crippen LogP contribution >= 0.6 is 11.8 Å². The summed E-state index contributed by atoms with van der Waals surface area (Å²) in [5, 5.41) is 8.72. The van der Waals surface area contributed by atoms with Crippen molar-refractivity contribution < 1.29 is 13.9 Å². The van der Waals surface area contributed by atoms with Crippen LogP contribution in [0.5, 0.6) is 0 Å². The number of hydrogen-bond acceptors (Lipinski definition) is 2. The van der Waals surface area contributed by atoms with Crippen LogP contribution in [-0.4, -0.2) is 17.3 Å². The molecule has 0 unspecified atom stereocenters. The Kier molecular flexibility index (Phi) is 4.18. The molecule has 1 aromatic rings. The van der Waals surface area contributed by atoms with Crippen molar-refractivity contribution in [2.45, 2.75) is 17.9 Å². The van der Waals surface area contributed by atoms with Gasteiger partial charge in [0.1, 0.15) is 0 Å². The molecule has 0 fully saturated rings. The van der Waals surface area contributed by atoms with Gasteiger partial charge in [0.25, 0.3) is 0 Å². The second kappa shape index (κ2) is 5.19. The smallest absolute Gasteiger partial charge is 0.247 e. The predicted octanol–water partition coefficient (Wildman–Crippen LogP) is 2.54. The molecule has 0 bridgehead atoms. The molecule has 0 aliphatic carbocycles. The second-order valence-corrected chi connectivity index (χ2v) is 3.60. The molecule has 1 aromatic carbocycles. The Bertz CT molecular complexity index is 248. The van der Waals surface area contributed by atoms with Crippen LogP contribution in [0.3, 0.4) is 0 Å². The summed E-state index contributed by atoms with van der Waals surface area (Å²) in [5.74, 6) is -0.182. The van der Waals surface area contributed by atoms with Gasteiger partial charge in [0, 0.05) is 4.90 Å². The van der Waals surface area contributed by atoms with E-state index < -0.39 is 6.43 Å². The molecule has 0 radical (unpaired) electrons. The molecule has 0 heterocycles. The molecule has 0 aliphatic rings. The van der Waals surface area contributed by atoms with Crippen molar-refractivity contribution >= 4 is 11.8 Å². The third kappa shape index (κ3) is 3.74. The highest BCUT2D eigenvalue weighted by molar-refractivity contribution is 7.99. The molecule has 0 aromatic heterocycles. The Balaban J connectivity index is 2.49.